The van der Waals surface area contributed by atoms with Crippen LogP contribution < -0.4 is 0 Å². The molecule has 0 bridgehead atoms. The summed E-state index contributed by atoms with van der Waals surface area (Å²) in [5, 5.41) is 1.22. The Morgan fingerprint density at radius 2 is 1.90 bits per heavy atom. The van der Waals surface area contributed by atoms with Crippen LogP contribution in [0.15, 0.2) is 47.5 Å². The van der Waals surface area contributed by atoms with E-state index in [9.17, 15) is 0 Å². The Bertz CT molecular complexity index is 800. The van der Waals surface area contributed by atoms with Crippen LogP contribution in [0, 0.1) is 17.4 Å². The summed E-state index contributed by atoms with van der Waals surface area (Å²) in [6, 6.07) is 14.6. The maximum atomic E-state index is 4.61. The fraction of sp³-hybridized carbons (Fsp3) is 0.118. The molecular weight excluding hydrogens is 359 g/mol. The summed E-state index contributed by atoms with van der Waals surface area (Å²) in [7, 11) is 0. The second-order valence-corrected chi connectivity index (χ2v) is 6.06. The number of aliphatic imine (C=N–C) groups is 1. The second-order valence-electron chi connectivity index (χ2n) is 4.90. The Hall–Kier alpha value is -1.62. The molecule has 3 heteroatoms. The van der Waals surface area contributed by atoms with Crippen molar-refractivity contribution in [3.05, 3.63) is 62.9 Å². The summed E-state index contributed by atoms with van der Waals surface area (Å²) in [4.78, 5) is 8.00. The first-order valence-corrected chi connectivity index (χ1v) is 7.60. The fourth-order valence-corrected chi connectivity index (χ4v) is 2.76. The topological polar surface area (TPSA) is 28.1 Å². The number of para-hydroxylation sites is 1. The summed E-state index contributed by atoms with van der Waals surface area (Å²) in [5.74, 6) is 0. The van der Waals surface area contributed by atoms with Gasteiger partial charge in [-0.25, -0.2) is 0 Å². The molecule has 2 aromatic carbocycles. The van der Waals surface area contributed by atoms with Crippen molar-refractivity contribution >= 4 is 45.4 Å². The van der Waals surface area contributed by atoms with Gasteiger partial charge in [-0.2, -0.15) is 0 Å². The zero-order valence-corrected chi connectivity index (χ0v) is 13.6. The maximum absolute atomic E-state index is 4.61. The van der Waals surface area contributed by atoms with Crippen LogP contribution >= 0.6 is 22.6 Å². The average Bonchev–Trinajstić information content (AvgIpc) is 2.76. The molecular formula is C17H15IN2. The predicted octanol–water partition coefficient (Wildman–Crippen LogP) is 5.14. The van der Waals surface area contributed by atoms with Crippen LogP contribution in [-0.2, 0) is 0 Å². The predicted molar refractivity (Wildman–Crippen MR) is 94.2 cm³/mol. The molecule has 0 saturated heterocycles. The van der Waals surface area contributed by atoms with Gasteiger partial charge in [0, 0.05) is 31.9 Å². The van der Waals surface area contributed by atoms with Crippen molar-refractivity contribution in [1.29, 1.82) is 0 Å². The number of aryl methyl sites for hydroxylation is 2. The molecule has 100 valence electrons. The van der Waals surface area contributed by atoms with Gasteiger partial charge in [0.1, 0.15) is 0 Å². The van der Waals surface area contributed by atoms with E-state index >= 15 is 0 Å². The molecule has 0 atom stereocenters. The molecule has 1 heterocycles. The van der Waals surface area contributed by atoms with E-state index in [0.29, 0.717) is 0 Å². The van der Waals surface area contributed by atoms with Gasteiger partial charge in [-0.15, -0.1) is 0 Å². The molecule has 0 amide bonds. The van der Waals surface area contributed by atoms with Crippen molar-refractivity contribution in [2.24, 2.45) is 4.99 Å². The van der Waals surface area contributed by atoms with Gasteiger partial charge in [0.25, 0.3) is 0 Å². The highest BCUT2D eigenvalue weighted by Crippen LogP contribution is 2.23. The quantitative estimate of drug-likeness (QED) is 0.475. The van der Waals surface area contributed by atoms with E-state index in [1.54, 1.807) is 0 Å². The molecule has 0 saturated carbocycles. The van der Waals surface area contributed by atoms with E-state index in [4.69, 9.17) is 0 Å². The Labute approximate surface area is 132 Å². The van der Waals surface area contributed by atoms with Crippen LogP contribution in [0.4, 0.5) is 5.69 Å². The highest BCUT2D eigenvalue weighted by Gasteiger charge is 2.05. The van der Waals surface area contributed by atoms with Crippen molar-refractivity contribution in [3.8, 4) is 0 Å². The molecule has 2 nitrogen and oxygen atoms in total. The van der Waals surface area contributed by atoms with Gasteiger partial charge >= 0.3 is 0 Å². The molecule has 3 rings (SSSR count). The van der Waals surface area contributed by atoms with Crippen molar-refractivity contribution in [3.63, 3.8) is 0 Å². The Balaban J connectivity index is 2.02. The number of benzene rings is 2. The molecule has 0 aliphatic rings. The van der Waals surface area contributed by atoms with Crippen LogP contribution in [0.3, 0.4) is 0 Å². The molecule has 1 aromatic heterocycles. The molecule has 0 aliphatic heterocycles. The lowest BCUT2D eigenvalue weighted by Gasteiger charge is -1.99. The number of halogens is 1. The number of aromatic amines is 1. The van der Waals surface area contributed by atoms with Gasteiger partial charge in [-0.05, 0) is 60.2 Å². The van der Waals surface area contributed by atoms with E-state index in [1.165, 1.54) is 14.5 Å². The van der Waals surface area contributed by atoms with Gasteiger partial charge in [0.2, 0.25) is 0 Å². The van der Waals surface area contributed by atoms with Crippen LogP contribution in [0.5, 0.6) is 0 Å². The zero-order valence-electron chi connectivity index (χ0n) is 11.4. The van der Waals surface area contributed by atoms with E-state index in [0.717, 1.165) is 22.5 Å². The van der Waals surface area contributed by atoms with Crippen LogP contribution in [-0.4, -0.2) is 11.2 Å². The van der Waals surface area contributed by atoms with Gasteiger partial charge in [0.05, 0.1) is 5.69 Å². The van der Waals surface area contributed by atoms with Crippen LogP contribution in [0.1, 0.15) is 16.8 Å². The minimum atomic E-state index is 0.990. The molecule has 0 aliphatic carbocycles. The average molecular weight is 374 g/mol. The number of nitrogens with one attached hydrogen (secondary N) is 1. The summed E-state index contributed by atoms with van der Waals surface area (Å²) >= 11 is 2.34. The fourth-order valence-electron chi connectivity index (χ4n) is 2.27. The smallest absolute Gasteiger partial charge is 0.0640 e. The van der Waals surface area contributed by atoms with E-state index < -0.39 is 0 Å². The number of rotatable bonds is 2. The number of fused-ring (bicyclic) bond motifs is 1. The van der Waals surface area contributed by atoms with Crippen LogP contribution in [0.2, 0.25) is 0 Å². The van der Waals surface area contributed by atoms with Gasteiger partial charge in [0.15, 0.2) is 0 Å². The van der Waals surface area contributed by atoms with E-state index in [1.807, 2.05) is 12.3 Å². The number of nitrogens with zero attached hydrogens (tertiary/aromatic N) is 1. The summed E-state index contributed by atoms with van der Waals surface area (Å²) < 4.78 is 1.24. The first-order chi connectivity index (χ1) is 9.65. The molecule has 1 N–H and O–H groups in total. The molecule has 0 spiro atoms. The summed E-state index contributed by atoms with van der Waals surface area (Å²) in [6.45, 7) is 4.19. The Kier molecular flexibility index (Phi) is 3.61. The van der Waals surface area contributed by atoms with Gasteiger partial charge < -0.3 is 4.98 Å². The number of hydrogen-bond donors (Lipinski definition) is 1. The minimum absolute atomic E-state index is 0.990. The van der Waals surface area contributed by atoms with Crippen molar-refractivity contribution in [1.82, 2.24) is 4.98 Å². The Morgan fingerprint density at radius 1 is 1.10 bits per heavy atom. The monoisotopic (exact) mass is 374 g/mol. The number of H-pyrrole nitrogens is 1. The number of hydrogen-bond acceptors (Lipinski definition) is 1. The molecule has 0 radical (unpaired) electrons. The third kappa shape index (κ3) is 2.50. The largest absolute Gasteiger partial charge is 0.358 e. The lowest BCUT2D eigenvalue weighted by Crippen LogP contribution is -1.83. The van der Waals surface area contributed by atoms with Gasteiger partial charge in [-0.3, -0.25) is 4.99 Å². The second kappa shape index (κ2) is 5.40. The van der Waals surface area contributed by atoms with Gasteiger partial charge in [-0.1, -0.05) is 24.3 Å². The highest BCUT2D eigenvalue weighted by molar-refractivity contribution is 14.1. The minimum Gasteiger partial charge on any atom is -0.358 e. The Morgan fingerprint density at radius 3 is 2.70 bits per heavy atom. The normalized spacial score (nSPS) is 11.6. The van der Waals surface area contributed by atoms with E-state index in [2.05, 4.69) is 82.8 Å². The summed E-state index contributed by atoms with van der Waals surface area (Å²) in [6.07, 6.45) is 1.95. The third-order valence-corrected chi connectivity index (χ3v) is 4.60. The van der Waals surface area contributed by atoms with Crippen molar-refractivity contribution in [2.75, 3.05) is 0 Å². The maximum Gasteiger partial charge on any atom is 0.0640 e. The molecule has 0 unspecified atom stereocenters. The zero-order chi connectivity index (χ0) is 14.1. The van der Waals surface area contributed by atoms with Crippen molar-refractivity contribution in [2.45, 2.75) is 13.8 Å². The van der Waals surface area contributed by atoms with Crippen LogP contribution in [0.25, 0.3) is 10.9 Å². The number of aromatic nitrogens is 1. The first kappa shape index (κ1) is 13.4. The molecule has 3 aromatic rings. The first-order valence-electron chi connectivity index (χ1n) is 6.52. The lowest BCUT2D eigenvalue weighted by atomic mass is 10.1. The lowest BCUT2D eigenvalue weighted by molar-refractivity contribution is 1.29. The third-order valence-electron chi connectivity index (χ3n) is 3.44. The standard InChI is InChI=1S/C17H15IN2/c1-11-7-8-13(9-16(11)18)19-10-15-12(2)20-17-6-4-3-5-14(15)17/h3-10,20H,1-2H3. The van der Waals surface area contributed by atoms with E-state index in [-0.39, 0.29) is 0 Å². The summed E-state index contributed by atoms with van der Waals surface area (Å²) in [5.41, 5.74) is 5.75. The highest BCUT2D eigenvalue weighted by atomic mass is 127. The molecule has 0 fully saturated rings. The SMILES string of the molecule is Cc1ccc(N=Cc2c(C)[nH]c3ccccc23)cc1I. The van der Waals surface area contributed by atoms with Crippen molar-refractivity contribution < 1.29 is 0 Å². The molecule has 20 heavy (non-hydrogen) atoms.